The van der Waals surface area contributed by atoms with E-state index in [2.05, 4.69) is 75.9 Å². The van der Waals surface area contributed by atoms with Crippen LogP contribution in [0.3, 0.4) is 0 Å². The first-order valence-electron chi connectivity index (χ1n) is 5.59. The smallest absolute Gasteiger partial charge is 0.0808 e. The van der Waals surface area contributed by atoms with Crippen LogP contribution in [0.1, 0.15) is 17.2 Å². The lowest BCUT2D eigenvalue weighted by molar-refractivity contribution is 0.363. The van der Waals surface area contributed by atoms with Crippen LogP contribution in [-0.2, 0) is 0 Å². The third-order valence-electron chi connectivity index (χ3n) is 3.11. The van der Waals surface area contributed by atoms with Gasteiger partial charge in [-0.05, 0) is 23.8 Å². The summed E-state index contributed by atoms with van der Waals surface area (Å²) < 4.78 is 1.12. The van der Waals surface area contributed by atoms with E-state index in [9.17, 15) is 0 Å². The molecule has 1 aliphatic heterocycles. The second-order valence-electron chi connectivity index (χ2n) is 4.27. The number of hydrogen-bond donors (Lipinski definition) is 1. The Bertz CT molecular complexity index is 539. The van der Waals surface area contributed by atoms with Crippen LogP contribution >= 0.6 is 15.9 Å². The normalized spacial score (nSPS) is 18.8. The van der Waals surface area contributed by atoms with E-state index in [0.29, 0.717) is 0 Å². The van der Waals surface area contributed by atoms with E-state index in [4.69, 9.17) is 0 Å². The Kier molecular flexibility index (Phi) is 2.65. The highest BCUT2D eigenvalue weighted by molar-refractivity contribution is 9.10. The van der Waals surface area contributed by atoms with E-state index in [-0.39, 0.29) is 6.04 Å². The van der Waals surface area contributed by atoms with Crippen molar-refractivity contribution in [2.45, 2.75) is 6.04 Å². The summed E-state index contributed by atoms with van der Waals surface area (Å²) >= 11 is 3.54. The maximum absolute atomic E-state index is 3.54. The lowest BCUT2D eigenvalue weighted by Gasteiger charge is -2.20. The van der Waals surface area contributed by atoms with Gasteiger partial charge in [0.05, 0.1) is 11.7 Å². The number of rotatable bonds is 1. The van der Waals surface area contributed by atoms with Crippen LogP contribution in [0.4, 0.5) is 5.69 Å². The van der Waals surface area contributed by atoms with Gasteiger partial charge in [0, 0.05) is 17.1 Å². The van der Waals surface area contributed by atoms with E-state index < -0.39 is 0 Å². The van der Waals surface area contributed by atoms with E-state index in [0.717, 1.165) is 4.47 Å². The van der Waals surface area contributed by atoms with E-state index in [1.165, 1.54) is 16.8 Å². The Morgan fingerprint density at radius 3 is 2.65 bits per heavy atom. The highest BCUT2D eigenvalue weighted by atomic mass is 79.9. The number of benzene rings is 2. The topological polar surface area (TPSA) is 15.3 Å². The summed E-state index contributed by atoms with van der Waals surface area (Å²) in [5.41, 5.74) is 7.19. The van der Waals surface area contributed by atoms with Gasteiger partial charge in [0.25, 0.3) is 0 Å². The molecule has 0 radical (unpaired) electrons. The Morgan fingerprint density at radius 2 is 1.88 bits per heavy atom. The zero-order valence-corrected chi connectivity index (χ0v) is 11.1. The number of hydrazine groups is 1. The van der Waals surface area contributed by atoms with Crippen molar-refractivity contribution in [3.63, 3.8) is 0 Å². The summed E-state index contributed by atoms with van der Waals surface area (Å²) in [6.45, 7) is 0. The van der Waals surface area contributed by atoms with Gasteiger partial charge in [0.1, 0.15) is 0 Å². The van der Waals surface area contributed by atoms with Crippen LogP contribution in [0.2, 0.25) is 0 Å². The Labute approximate surface area is 109 Å². The van der Waals surface area contributed by atoms with Crippen LogP contribution in [0, 0.1) is 0 Å². The Morgan fingerprint density at radius 1 is 1.12 bits per heavy atom. The maximum atomic E-state index is 3.54. The summed E-state index contributed by atoms with van der Waals surface area (Å²) in [4.78, 5) is 0. The third-order valence-corrected chi connectivity index (χ3v) is 3.60. The van der Waals surface area contributed by atoms with Gasteiger partial charge in [0.15, 0.2) is 0 Å². The van der Waals surface area contributed by atoms with Gasteiger partial charge in [-0.1, -0.05) is 46.3 Å². The van der Waals surface area contributed by atoms with Gasteiger partial charge in [-0.2, -0.15) is 0 Å². The second kappa shape index (κ2) is 4.17. The lowest BCUT2D eigenvalue weighted by atomic mass is 9.99. The lowest BCUT2D eigenvalue weighted by Crippen LogP contribution is -2.23. The first kappa shape index (κ1) is 10.8. The molecule has 1 heterocycles. The standard InChI is InChI=1S/C14H13BrN2/c1-17-14(10-5-3-2-4-6-10)12-9-11(15)7-8-13(12)16-17/h2-9,14,16H,1H3. The van der Waals surface area contributed by atoms with E-state index in [1.807, 2.05) is 6.07 Å². The number of fused-ring (bicyclic) bond motifs is 1. The maximum Gasteiger partial charge on any atom is 0.0808 e. The molecule has 86 valence electrons. The summed E-state index contributed by atoms with van der Waals surface area (Å²) in [6.07, 6.45) is 0. The van der Waals surface area contributed by atoms with Crippen molar-refractivity contribution in [3.8, 4) is 0 Å². The van der Waals surface area contributed by atoms with Crippen molar-refractivity contribution in [1.29, 1.82) is 0 Å². The number of halogens is 1. The van der Waals surface area contributed by atoms with Gasteiger partial charge in [-0.15, -0.1) is 0 Å². The van der Waals surface area contributed by atoms with Crippen molar-refractivity contribution >= 4 is 21.6 Å². The molecule has 2 aromatic rings. The first-order valence-corrected chi connectivity index (χ1v) is 6.39. The predicted molar refractivity (Wildman–Crippen MR) is 73.8 cm³/mol. The zero-order chi connectivity index (χ0) is 11.8. The van der Waals surface area contributed by atoms with Gasteiger partial charge in [0.2, 0.25) is 0 Å². The molecule has 1 atom stereocenters. The molecular weight excluding hydrogens is 276 g/mol. The fourth-order valence-electron chi connectivity index (χ4n) is 2.36. The van der Waals surface area contributed by atoms with Gasteiger partial charge >= 0.3 is 0 Å². The number of nitrogens with one attached hydrogen (secondary N) is 1. The van der Waals surface area contributed by atoms with Crippen LogP contribution in [0.15, 0.2) is 53.0 Å². The summed E-state index contributed by atoms with van der Waals surface area (Å²) in [7, 11) is 2.07. The van der Waals surface area contributed by atoms with Crippen LogP contribution in [0.5, 0.6) is 0 Å². The monoisotopic (exact) mass is 288 g/mol. The predicted octanol–water partition coefficient (Wildman–Crippen LogP) is 3.81. The quantitative estimate of drug-likeness (QED) is 0.858. The number of anilines is 1. The van der Waals surface area contributed by atoms with Crippen molar-refractivity contribution in [2.24, 2.45) is 0 Å². The minimum absolute atomic E-state index is 0.281. The Hall–Kier alpha value is -1.32. The summed E-state index contributed by atoms with van der Waals surface area (Å²) in [5.74, 6) is 0. The highest BCUT2D eigenvalue weighted by Gasteiger charge is 2.28. The van der Waals surface area contributed by atoms with Crippen molar-refractivity contribution < 1.29 is 0 Å². The molecule has 2 aromatic carbocycles. The molecule has 1 N–H and O–H groups in total. The van der Waals surface area contributed by atoms with E-state index in [1.54, 1.807) is 0 Å². The minimum atomic E-state index is 0.281. The Balaban J connectivity index is 2.11. The van der Waals surface area contributed by atoms with Crippen molar-refractivity contribution in [3.05, 3.63) is 64.1 Å². The fraction of sp³-hybridized carbons (Fsp3) is 0.143. The van der Waals surface area contributed by atoms with Gasteiger partial charge < -0.3 is 5.43 Å². The summed E-state index contributed by atoms with van der Waals surface area (Å²) in [5, 5.41) is 2.15. The molecule has 0 saturated heterocycles. The number of nitrogens with zero attached hydrogens (tertiary/aromatic N) is 1. The number of hydrogen-bond acceptors (Lipinski definition) is 2. The van der Waals surface area contributed by atoms with Crippen LogP contribution in [-0.4, -0.2) is 12.1 Å². The molecule has 17 heavy (non-hydrogen) atoms. The molecule has 0 aromatic heterocycles. The summed E-state index contributed by atoms with van der Waals surface area (Å²) in [6, 6.07) is 17.2. The highest BCUT2D eigenvalue weighted by Crippen LogP contribution is 2.39. The molecule has 3 heteroatoms. The zero-order valence-electron chi connectivity index (χ0n) is 9.52. The molecule has 0 amide bonds. The third kappa shape index (κ3) is 1.85. The SMILES string of the molecule is CN1Nc2ccc(Br)cc2C1c1ccccc1. The van der Waals surface area contributed by atoms with Crippen LogP contribution in [0.25, 0.3) is 0 Å². The fourth-order valence-corrected chi connectivity index (χ4v) is 2.74. The minimum Gasteiger partial charge on any atom is -0.318 e. The molecule has 3 rings (SSSR count). The molecule has 0 bridgehead atoms. The van der Waals surface area contributed by atoms with Crippen LogP contribution < -0.4 is 5.43 Å². The molecule has 0 spiro atoms. The molecule has 1 unspecified atom stereocenters. The van der Waals surface area contributed by atoms with Gasteiger partial charge in [-0.25, -0.2) is 5.01 Å². The molecule has 0 fully saturated rings. The van der Waals surface area contributed by atoms with Crippen molar-refractivity contribution in [1.82, 2.24) is 5.01 Å². The molecular formula is C14H13BrN2. The first-order chi connectivity index (χ1) is 8.25. The second-order valence-corrected chi connectivity index (χ2v) is 5.18. The van der Waals surface area contributed by atoms with Gasteiger partial charge in [-0.3, -0.25) is 0 Å². The molecule has 2 nitrogen and oxygen atoms in total. The molecule has 1 aliphatic rings. The largest absolute Gasteiger partial charge is 0.318 e. The average molecular weight is 289 g/mol. The average Bonchev–Trinajstić information content (AvgIpc) is 2.65. The van der Waals surface area contributed by atoms with E-state index >= 15 is 0 Å². The molecule has 0 saturated carbocycles. The van der Waals surface area contributed by atoms with Crippen molar-refractivity contribution in [2.75, 3.05) is 12.5 Å². The molecule has 0 aliphatic carbocycles.